The van der Waals surface area contributed by atoms with Crippen LogP contribution in [-0.2, 0) is 14.3 Å². The van der Waals surface area contributed by atoms with Crippen molar-refractivity contribution in [3.05, 3.63) is 103 Å². The van der Waals surface area contributed by atoms with Crippen molar-refractivity contribution >= 4 is 17.9 Å². The molecule has 0 heterocycles. The van der Waals surface area contributed by atoms with Crippen LogP contribution in [0.15, 0.2) is 91.8 Å². The van der Waals surface area contributed by atoms with Crippen LogP contribution < -0.4 is 14.2 Å². The van der Waals surface area contributed by atoms with E-state index in [0.717, 1.165) is 48.4 Å². The molecule has 8 heteroatoms. The predicted molar refractivity (Wildman–Crippen MR) is 149 cm³/mol. The fourth-order valence-electron chi connectivity index (χ4n) is 3.72. The Bertz CT molecular complexity index is 1340. The Morgan fingerprint density at radius 3 is 2.05 bits per heavy atom. The van der Waals surface area contributed by atoms with Crippen LogP contribution in [-0.4, -0.2) is 31.1 Å². The average molecular weight is 547 g/mol. The number of ether oxygens (including phenoxy) is 4. The van der Waals surface area contributed by atoms with E-state index in [1.807, 2.05) is 6.92 Å². The number of hydrogen-bond acceptors (Lipinski definition) is 7. The largest absolute Gasteiger partial charge is 0.494 e. The van der Waals surface area contributed by atoms with E-state index < -0.39 is 23.7 Å². The monoisotopic (exact) mass is 546 g/mol. The summed E-state index contributed by atoms with van der Waals surface area (Å²) < 4.78 is 33.9. The molecule has 0 fully saturated rings. The van der Waals surface area contributed by atoms with Crippen molar-refractivity contribution < 1.29 is 37.7 Å². The summed E-state index contributed by atoms with van der Waals surface area (Å²) in [6.07, 6.45) is 4.71. The molecular weight excluding hydrogens is 515 g/mol. The Kier molecular flexibility index (Phi) is 11.2. The molecule has 7 nitrogen and oxygen atoms in total. The van der Waals surface area contributed by atoms with Crippen molar-refractivity contribution in [1.82, 2.24) is 0 Å². The number of carbonyl (C=O) groups is 3. The summed E-state index contributed by atoms with van der Waals surface area (Å²) in [5, 5.41) is 0. The summed E-state index contributed by atoms with van der Waals surface area (Å²) in [7, 11) is 0. The zero-order valence-corrected chi connectivity index (χ0v) is 22.3. The van der Waals surface area contributed by atoms with Gasteiger partial charge in [-0.05, 0) is 97.8 Å². The van der Waals surface area contributed by atoms with Crippen LogP contribution >= 0.6 is 0 Å². The topological polar surface area (TPSA) is 88.1 Å². The van der Waals surface area contributed by atoms with Crippen LogP contribution in [0.4, 0.5) is 4.39 Å². The van der Waals surface area contributed by atoms with Crippen LogP contribution in [0.25, 0.3) is 11.1 Å². The first-order valence-corrected chi connectivity index (χ1v) is 12.8. The minimum Gasteiger partial charge on any atom is -0.494 e. The van der Waals surface area contributed by atoms with Crippen LogP contribution in [0, 0.1) is 6.92 Å². The molecule has 0 aliphatic rings. The summed E-state index contributed by atoms with van der Waals surface area (Å²) in [6.45, 7) is 9.06. The Labute approximate surface area is 232 Å². The number of esters is 3. The molecule has 0 N–H and O–H groups in total. The summed E-state index contributed by atoms with van der Waals surface area (Å²) >= 11 is 0. The van der Waals surface area contributed by atoms with E-state index in [0.29, 0.717) is 30.3 Å². The van der Waals surface area contributed by atoms with E-state index in [-0.39, 0.29) is 5.75 Å². The van der Waals surface area contributed by atoms with Crippen molar-refractivity contribution in [1.29, 1.82) is 0 Å². The minimum atomic E-state index is -1.17. The maximum absolute atomic E-state index is 12.9. The molecular formula is C32H31FO7. The van der Waals surface area contributed by atoms with Crippen molar-refractivity contribution in [2.24, 2.45) is 0 Å². The molecule has 0 bridgehead atoms. The molecule has 208 valence electrons. The highest BCUT2D eigenvalue weighted by Crippen LogP contribution is 2.28. The lowest BCUT2D eigenvalue weighted by Crippen LogP contribution is -2.08. The normalized spacial score (nSPS) is 10.3. The number of unbranched alkanes of at least 4 members (excludes halogenated alkanes) is 3. The molecule has 0 aliphatic carbocycles. The van der Waals surface area contributed by atoms with Gasteiger partial charge in [0.05, 0.1) is 18.8 Å². The number of rotatable bonds is 14. The average Bonchev–Trinajstić information content (AvgIpc) is 2.95. The highest BCUT2D eigenvalue weighted by Gasteiger charge is 2.12. The zero-order valence-electron chi connectivity index (χ0n) is 22.3. The van der Waals surface area contributed by atoms with Gasteiger partial charge >= 0.3 is 17.9 Å². The van der Waals surface area contributed by atoms with Crippen molar-refractivity contribution in [3.63, 3.8) is 0 Å². The van der Waals surface area contributed by atoms with E-state index in [1.165, 1.54) is 0 Å². The lowest BCUT2D eigenvalue weighted by atomic mass is 9.99. The summed E-state index contributed by atoms with van der Waals surface area (Å²) in [6, 6.07) is 18.7. The van der Waals surface area contributed by atoms with Gasteiger partial charge in [-0.2, -0.15) is 4.39 Å². The number of hydrogen-bond donors (Lipinski definition) is 0. The fraction of sp³-hybridized carbons (Fsp3) is 0.219. The minimum absolute atomic E-state index is 0.211. The Morgan fingerprint density at radius 1 is 0.800 bits per heavy atom. The molecule has 40 heavy (non-hydrogen) atoms. The number of benzene rings is 3. The maximum Gasteiger partial charge on any atom is 0.371 e. The van der Waals surface area contributed by atoms with Gasteiger partial charge in [-0.25, -0.2) is 14.4 Å². The smallest absolute Gasteiger partial charge is 0.371 e. The lowest BCUT2D eigenvalue weighted by molar-refractivity contribution is -0.137. The van der Waals surface area contributed by atoms with Crippen LogP contribution in [0.5, 0.6) is 17.2 Å². The quantitative estimate of drug-likeness (QED) is 0.0937. The molecule has 0 radical (unpaired) electrons. The van der Waals surface area contributed by atoms with Gasteiger partial charge in [0.25, 0.3) is 0 Å². The third-order valence-electron chi connectivity index (χ3n) is 5.81. The first kappa shape index (κ1) is 29.8. The van der Waals surface area contributed by atoms with E-state index >= 15 is 0 Å². The van der Waals surface area contributed by atoms with E-state index in [4.69, 9.17) is 18.9 Å². The number of aryl methyl sites for hydroxylation is 1. The highest BCUT2D eigenvalue weighted by atomic mass is 19.1. The molecule has 0 spiro atoms. The molecule has 0 saturated heterocycles. The summed E-state index contributed by atoms with van der Waals surface area (Å²) in [4.78, 5) is 35.0. The van der Waals surface area contributed by atoms with E-state index in [9.17, 15) is 18.8 Å². The Hall–Kier alpha value is -4.72. The second kappa shape index (κ2) is 15.0. The van der Waals surface area contributed by atoms with Crippen molar-refractivity contribution in [2.75, 3.05) is 13.2 Å². The SMILES string of the molecule is C=CC(=O)OCCCCCCOc1ccc(OC(=O)c2ccc(-c3ccc(OC(=O)C(=C)F)cc3C)cc2)cc1. The fourth-order valence-corrected chi connectivity index (χ4v) is 3.72. The van der Waals surface area contributed by atoms with E-state index in [1.54, 1.807) is 66.7 Å². The van der Waals surface area contributed by atoms with Crippen LogP contribution in [0.2, 0.25) is 0 Å². The van der Waals surface area contributed by atoms with Gasteiger partial charge in [-0.1, -0.05) is 31.4 Å². The third kappa shape index (κ3) is 9.23. The predicted octanol–water partition coefficient (Wildman–Crippen LogP) is 6.94. The lowest BCUT2D eigenvalue weighted by Gasteiger charge is -2.10. The van der Waals surface area contributed by atoms with Gasteiger partial charge in [-0.15, -0.1) is 0 Å². The zero-order chi connectivity index (χ0) is 28.9. The second-order valence-corrected chi connectivity index (χ2v) is 8.84. The molecule has 3 aromatic rings. The van der Waals surface area contributed by atoms with Gasteiger partial charge in [0.2, 0.25) is 5.83 Å². The Balaban J connectivity index is 1.45. The van der Waals surface area contributed by atoms with Crippen LogP contribution in [0.1, 0.15) is 41.6 Å². The van der Waals surface area contributed by atoms with E-state index in [2.05, 4.69) is 13.2 Å². The first-order chi connectivity index (χ1) is 19.3. The first-order valence-electron chi connectivity index (χ1n) is 12.8. The molecule has 0 aliphatic heterocycles. The van der Waals surface area contributed by atoms with Gasteiger partial charge < -0.3 is 18.9 Å². The second-order valence-electron chi connectivity index (χ2n) is 8.84. The van der Waals surface area contributed by atoms with Crippen molar-refractivity contribution in [3.8, 4) is 28.4 Å². The summed E-state index contributed by atoms with van der Waals surface area (Å²) in [5.41, 5.74) is 2.90. The maximum atomic E-state index is 12.9. The number of halogens is 1. The molecule has 0 amide bonds. The molecule has 0 unspecified atom stereocenters. The van der Waals surface area contributed by atoms with Gasteiger partial charge in [0.1, 0.15) is 17.2 Å². The highest BCUT2D eigenvalue weighted by molar-refractivity contribution is 5.92. The van der Waals surface area contributed by atoms with Crippen molar-refractivity contribution in [2.45, 2.75) is 32.6 Å². The summed E-state index contributed by atoms with van der Waals surface area (Å²) in [5.74, 6) is -1.92. The standard InChI is InChI=1S/C32H31FO7/c1-4-30(34)38-20-8-6-5-7-19-37-26-13-15-27(16-14-26)39-32(36)25-11-9-24(10-12-25)29-18-17-28(21-22(29)2)40-31(35)23(3)33/h4,9-18,21H,1,3,5-8,19-20H2,2H3. The van der Waals surface area contributed by atoms with Gasteiger partial charge in [0, 0.05) is 6.08 Å². The Morgan fingerprint density at radius 2 is 1.43 bits per heavy atom. The molecule has 3 aromatic carbocycles. The van der Waals surface area contributed by atoms with Crippen LogP contribution in [0.3, 0.4) is 0 Å². The third-order valence-corrected chi connectivity index (χ3v) is 5.81. The molecule has 3 rings (SSSR count). The molecule has 0 atom stereocenters. The molecule has 0 saturated carbocycles. The number of carbonyl (C=O) groups excluding carboxylic acids is 3. The van der Waals surface area contributed by atoms with Gasteiger partial charge in [0.15, 0.2) is 0 Å². The van der Waals surface area contributed by atoms with Gasteiger partial charge in [-0.3, -0.25) is 0 Å². The molecule has 0 aromatic heterocycles.